The maximum Gasteiger partial charge on any atom is 0.263 e. The van der Waals surface area contributed by atoms with Gasteiger partial charge in [0.25, 0.3) is 5.91 Å². The number of hydrogen-bond donors (Lipinski definition) is 1. The van der Waals surface area contributed by atoms with Crippen LogP contribution in [0.5, 0.6) is 5.75 Å². The van der Waals surface area contributed by atoms with E-state index in [4.69, 9.17) is 9.47 Å². The van der Waals surface area contributed by atoms with Gasteiger partial charge in [-0.05, 0) is 12.5 Å². The first-order chi connectivity index (χ1) is 12.8. The van der Waals surface area contributed by atoms with Crippen LogP contribution in [0.3, 0.4) is 0 Å². The molecule has 0 radical (unpaired) electrons. The molecule has 0 saturated carbocycles. The van der Waals surface area contributed by atoms with E-state index in [1.54, 1.807) is 6.20 Å². The van der Waals surface area contributed by atoms with Crippen molar-refractivity contribution in [1.29, 1.82) is 0 Å². The van der Waals surface area contributed by atoms with E-state index >= 15 is 0 Å². The summed E-state index contributed by atoms with van der Waals surface area (Å²) in [4.78, 5) is 19.5. The zero-order valence-corrected chi connectivity index (χ0v) is 15.9. The molecule has 1 saturated heterocycles. The van der Waals surface area contributed by atoms with Crippen molar-refractivity contribution < 1.29 is 14.3 Å². The van der Waals surface area contributed by atoms with Gasteiger partial charge in [-0.3, -0.25) is 9.69 Å². The maximum absolute atomic E-state index is 12.3. The molecule has 0 bridgehead atoms. The lowest BCUT2D eigenvalue weighted by atomic mass is 10.2. The Hall–Kier alpha value is -1.96. The van der Waals surface area contributed by atoms with E-state index in [0.717, 1.165) is 55.6 Å². The molecule has 1 amide bonds. The van der Waals surface area contributed by atoms with Gasteiger partial charge in [0.15, 0.2) is 0 Å². The number of morpholine rings is 1. The highest BCUT2D eigenvalue weighted by Crippen LogP contribution is 2.19. The average molecular weight is 375 g/mol. The molecule has 0 aliphatic carbocycles. The van der Waals surface area contributed by atoms with Crippen LogP contribution in [0.4, 0.5) is 0 Å². The Bertz CT molecular complexity index is 714. The summed E-state index contributed by atoms with van der Waals surface area (Å²) in [6, 6.07) is 7.83. The summed E-state index contributed by atoms with van der Waals surface area (Å²) >= 11 is 1.44. The average Bonchev–Trinajstić information content (AvgIpc) is 3.17. The largest absolute Gasteiger partial charge is 0.492 e. The number of nitrogens with one attached hydrogen (secondary N) is 1. The Morgan fingerprint density at radius 2 is 2.15 bits per heavy atom. The third kappa shape index (κ3) is 5.27. The van der Waals surface area contributed by atoms with Gasteiger partial charge >= 0.3 is 0 Å². The summed E-state index contributed by atoms with van der Waals surface area (Å²) in [6.45, 7) is 7.46. The number of carbonyl (C=O) groups excluding carboxylic acids is 1. The lowest BCUT2D eigenvalue weighted by Gasteiger charge is -2.26. The van der Waals surface area contributed by atoms with Gasteiger partial charge in [-0.1, -0.05) is 25.1 Å². The lowest BCUT2D eigenvalue weighted by Crippen LogP contribution is -2.38. The van der Waals surface area contributed by atoms with Gasteiger partial charge in [-0.25, -0.2) is 4.98 Å². The molecular weight excluding hydrogens is 350 g/mol. The SMILES string of the molecule is CCc1ncc(C(=O)NCc2ccccc2OCCN2CCOCC2)s1. The van der Waals surface area contributed by atoms with Crippen molar-refractivity contribution in [3.63, 3.8) is 0 Å². The number of para-hydroxylation sites is 1. The van der Waals surface area contributed by atoms with Crippen LogP contribution < -0.4 is 10.1 Å². The van der Waals surface area contributed by atoms with E-state index < -0.39 is 0 Å². The van der Waals surface area contributed by atoms with Gasteiger partial charge in [0.2, 0.25) is 0 Å². The third-order valence-corrected chi connectivity index (χ3v) is 5.40. The predicted octanol–water partition coefficient (Wildman–Crippen LogP) is 2.35. The van der Waals surface area contributed by atoms with Crippen molar-refractivity contribution in [2.75, 3.05) is 39.5 Å². The predicted molar refractivity (Wildman–Crippen MR) is 102 cm³/mol. The Balaban J connectivity index is 1.50. The number of ether oxygens (including phenoxy) is 2. The molecule has 7 heteroatoms. The fourth-order valence-corrected chi connectivity index (χ4v) is 3.52. The highest BCUT2D eigenvalue weighted by Gasteiger charge is 2.12. The second-order valence-corrected chi connectivity index (χ2v) is 7.18. The molecule has 6 nitrogen and oxygen atoms in total. The molecule has 1 aromatic heterocycles. The molecule has 1 aliphatic heterocycles. The zero-order chi connectivity index (χ0) is 18.2. The number of aryl methyl sites for hydroxylation is 1. The van der Waals surface area contributed by atoms with Crippen LogP contribution in [0.25, 0.3) is 0 Å². The van der Waals surface area contributed by atoms with Gasteiger partial charge in [0.05, 0.1) is 24.4 Å². The number of rotatable bonds is 8. The van der Waals surface area contributed by atoms with E-state index in [2.05, 4.69) is 15.2 Å². The van der Waals surface area contributed by atoms with E-state index in [1.165, 1.54) is 11.3 Å². The van der Waals surface area contributed by atoms with Crippen LogP contribution in [-0.2, 0) is 17.7 Å². The van der Waals surface area contributed by atoms with Gasteiger partial charge in [-0.2, -0.15) is 0 Å². The van der Waals surface area contributed by atoms with Crippen LogP contribution in [0.15, 0.2) is 30.5 Å². The molecule has 140 valence electrons. The minimum atomic E-state index is -0.0923. The number of amides is 1. The van der Waals surface area contributed by atoms with E-state index in [9.17, 15) is 4.79 Å². The topological polar surface area (TPSA) is 63.7 Å². The number of aromatic nitrogens is 1. The van der Waals surface area contributed by atoms with Crippen molar-refractivity contribution in [3.8, 4) is 5.75 Å². The fraction of sp³-hybridized carbons (Fsp3) is 0.474. The Morgan fingerprint density at radius 3 is 2.92 bits per heavy atom. The molecule has 1 N–H and O–H groups in total. The number of carbonyl (C=O) groups is 1. The third-order valence-electron chi connectivity index (χ3n) is 4.26. The second-order valence-electron chi connectivity index (χ2n) is 6.06. The highest BCUT2D eigenvalue weighted by atomic mass is 32.1. The van der Waals surface area contributed by atoms with E-state index in [1.807, 2.05) is 31.2 Å². The Kier molecular flexibility index (Phi) is 6.99. The molecule has 1 aromatic carbocycles. The van der Waals surface area contributed by atoms with Crippen molar-refractivity contribution >= 4 is 17.2 Å². The summed E-state index contributed by atoms with van der Waals surface area (Å²) in [7, 11) is 0. The number of nitrogens with zero attached hydrogens (tertiary/aromatic N) is 2. The van der Waals surface area contributed by atoms with Gasteiger partial charge in [-0.15, -0.1) is 11.3 Å². The molecule has 2 heterocycles. The normalized spacial score (nSPS) is 15.0. The summed E-state index contributed by atoms with van der Waals surface area (Å²) in [5, 5.41) is 3.93. The van der Waals surface area contributed by atoms with Gasteiger partial charge in [0.1, 0.15) is 17.2 Å². The van der Waals surface area contributed by atoms with Crippen molar-refractivity contribution in [1.82, 2.24) is 15.2 Å². The molecule has 0 atom stereocenters. The van der Waals surface area contributed by atoms with Crippen LogP contribution in [-0.4, -0.2) is 55.2 Å². The molecule has 1 fully saturated rings. The van der Waals surface area contributed by atoms with Crippen LogP contribution in [0.1, 0.15) is 27.2 Å². The molecule has 26 heavy (non-hydrogen) atoms. The molecular formula is C19H25N3O3S. The van der Waals surface area contributed by atoms with Crippen molar-refractivity contribution in [3.05, 3.63) is 45.9 Å². The Labute approximate surface area is 158 Å². The summed E-state index contributed by atoms with van der Waals surface area (Å²) < 4.78 is 11.3. The van der Waals surface area contributed by atoms with Crippen LogP contribution in [0.2, 0.25) is 0 Å². The highest BCUT2D eigenvalue weighted by molar-refractivity contribution is 7.13. The smallest absolute Gasteiger partial charge is 0.263 e. The minimum absolute atomic E-state index is 0.0923. The van der Waals surface area contributed by atoms with E-state index in [-0.39, 0.29) is 5.91 Å². The molecule has 0 unspecified atom stereocenters. The monoisotopic (exact) mass is 375 g/mol. The summed E-state index contributed by atoms with van der Waals surface area (Å²) in [5.41, 5.74) is 0.975. The zero-order valence-electron chi connectivity index (χ0n) is 15.1. The standard InChI is InChI=1S/C19H25N3O3S/c1-2-18-20-14-17(26-18)19(23)21-13-15-5-3-4-6-16(15)25-12-9-22-7-10-24-11-8-22/h3-6,14H,2,7-13H2,1H3,(H,21,23). The summed E-state index contributed by atoms with van der Waals surface area (Å²) in [5.74, 6) is 0.727. The first kappa shape index (κ1) is 18.8. The molecule has 1 aliphatic rings. The molecule has 2 aromatic rings. The molecule has 3 rings (SSSR count). The van der Waals surface area contributed by atoms with Crippen LogP contribution in [0, 0.1) is 0 Å². The number of benzene rings is 1. The number of hydrogen-bond acceptors (Lipinski definition) is 6. The fourth-order valence-electron chi connectivity index (χ4n) is 2.74. The Morgan fingerprint density at radius 1 is 1.35 bits per heavy atom. The first-order valence-corrected chi connectivity index (χ1v) is 9.81. The van der Waals surface area contributed by atoms with Crippen molar-refractivity contribution in [2.45, 2.75) is 19.9 Å². The van der Waals surface area contributed by atoms with Crippen LogP contribution >= 0.6 is 11.3 Å². The van der Waals surface area contributed by atoms with E-state index in [0.29, 0.717) is 18.0 Å². The lowest BCUT2D eigenvalue weighted by molar-refractivity contribution is 0.0322. The summed E-state index contributed by atoms with van der Waals surface area (Å²) in [6.07, 6.45) is 2.49. The minimum Gasteiger partial charge on any atom is -0.492 e. The maximum atomic E-state index is 12.3. The quantitative estimate of drug-likeness (QED) is 0.767. The van der Waals surface area contributed by atoms with Gasteiger partial charge in [0, 0.05) is 31.7 Å². The van der Waals surface area contributed by atoms with Gasteiger partial charge < -0.3 is 14.8 Å². The van der Waals surface area contributed by atoms with Crippen molar-refractivity contribution in [2.24, 2.45) is 0 Å². The first-order valence-electron chi connectivity index (χ1n) is 9.00. The second kappa shape index (κ2) is 9.66. The molecule has 0 spiro atoms. The number of thiazole rings is 1.